The number of rotatable bonds is 11. The van der Waals surface area contributed by atoms with E-state index in [2.05, 4.69) is 5.32 Å². The van der Waals surface area contributed by atoms with Crippen LogP contribution in [0.2, 0.25) is 0 Å². The molecule has 3 fully saturated rings. The first-order valence-corrected chi connectivity index (χ1v) is 21.3. The molecule has 6 N–H and O–H groups in total. The van der Waals surface area contributed by atoms with Crippen LogP contribution >= 0.6 is 0 Å². The van der Waals surface area contributed by atoms with Gasteiger partial charge in [-0.3, -0.25) is 4.79 Å². The molecule has 0 bridgehead atoms. The highest BCUT2D eigenvalue weighted by atomic mass is 16.7. The molecule has 0 aliphatic carbocycles. The van der Waals surface area contributed by atoms with Gasteiger partial charge in [-0.15, -0.1) is 0 Å². The molecule has 0 aromatic heterocycles. The largest absolute Gasteiger partial charge is 0.459 e. The van der Waals surface area contributed by atoms with Gasteiger partial charge in [-0.25, -0.2) is 0 Å². The number of aliphatic hydroxyl groups excluding tert-OH is 2. The van der Waals surface area contributed by atoms with Crippen molar-refractivity contribution in [3.63, 3.8) is 0 Å². The summed E-state index contributed by atoms with van der Waals surface area (Å²) in [5.41, 5.74) is -5.96. The number of nitrogens with one attached hydrogen (secondary N) is 1. The molecule has 3 aliphatic rings. The van der Waals surface area contributed by atoms with E-state index >= 15 is 0 Å². The van der Waals surface area contributed by atoms with E-state index < -0.39 is 95.5 Å². The normalized spacial score (nSPS) is 47.6. The van der Waals surface area contributed by atoms with Gasteiger partial charge in [0.2, 0.25) is 0 Å². The Kier molecular flexibility index (Phi) is 17.8. The lowest BCUT2D eigenvalue weighted by molar-refractivity contribution is -0.336. The number of esters is 1. The van der Waals surface area contributed by atoms with Crippen molar-refractivity contribution in [2.45, 2.75) is 198 Å². The van der Waals surface area contributed by atoms with Gasteiger partial charge >= 0.3 is 5.97 Å². The Bertz CT molecular complexity index is 1260. The number of aliphatic hydroxyl groups is 5. The first kappa shape index (κ1) is 50.3. The molecule has 0 aromatic rings. The molecular weight excluding hydrogens is 738 g/mol. The first-order chi connectivity index (χ1) is 26.3. The Labute approximate surface area is 343 Å². The van der Waals surface area contributed by atoms with Crippen molar-refractivity contribution in [1.82, 2.24) is 15.1 Å². The van der Waals surface area contributed by atoms with Crippen molar-refractivity contribution in [3.05, 3.63) is 0 Å². The van der Waals surface area contributed by atoms with E-state index in [4.69, 9.17) is 28.4 Å². The zero-order valence-corrected chi connectivity index (χ0v) is 37.7. The van der Waals surface area contributed by atoms with Gasteiger partial charge in [0.25, 0.3) is 0 Å². The number of hydrogen-bond acceptors (Lipinski definition) is 15. The SMILES string of the molecule is CCCNC[C@]1(O)[C@H](C)OC(O[C@H]2[C@H](C)[C@@H](O[C@@H]3O[C@H](C)C[C@H](N(C)C)[C@H]3O)[C@](C)(O)C[C@@H](C)CN(C)[C@H](C)[C@@H](O)[C@](C)(O)[C@@H](CC)OC(=O)[C@@H]2C)C[C@@]1(C)OC. The quantitative estimate of drug-likeness (QED) is 0.131. The van der Waals surface area contributed by atoms with Crippen molar-refractivity contribution in [1.29, 1.82) is 0 Å². The van der Waals surface area contributed by atoms with Gasteiger partial charge < -0.3 is 69.1 Å². The molecule has 3 saturated heterocycles. The zero-order chi connectivity index (χ0) is 43.4. The summed E-state index contributed by atoms with van der Waals surface area (Å²) < 4.78 is 38.4. The van der Waals surface area contributed by atoms with Gasteiger partial charge in [-0.05, 0) is 108 Å². The van der Waals surface area contributed by atoms with Crippen LogP contribution in [0.4, 0.5) is 0 Å². The summed E-state index contributed by atoms with van der Waals surface area (Å²) in [5, 5.41) is 63.0. The van der Waals surface area contributed by atoms with E-state index in [1.54, 1.807) is 34.6 Å². The average molecular weight is 820 g/mol. The number of likely N-dealkylation sites (N-methyl/N-ethyl adjacent to an activating group) is 2. The van der Waals surface area contributed by atoms with Gasteiger partial charge in [0.05, 0.1) is 35.9 Å². The fourth-order valence-corrected chi connectivity index (χ4v) is 9.58. The Morgan fingerprint density at radius 2 is 1.60 bits per heavy atom. The maximum atomic E-state index is 14.4. The van der Waals surface area contributed by atoms with Crippen LogP contribution < -0.4 is 5.32 Å². The number of hydrogen-bond donors (Lipinski definition) is 6. The summed E-state index contributed by atoms with van der Waals surface area (Å²) in [6, 6.07) is -0.827. The molecule has 0 saturated carbocycles. The third kappa shape index (κ3) is 11.3. The molecular formula is C42H81N3O12. The van der Waals surface area contributed by atoms with Crippen LogP contribution in [0.15, 0.2) is 0 Å². The summed E-state index contributed by atoms with van der Waals surface area (Å²) >= 11 is 0. The summed E-state index contributed by atoms with van der Waals surface area (Å²) in [5.74, 6) is -2.65. The molecule has 3 heterocycles. The molecule has 0 amide bonds. The minimum Gasteiger partial charge on any atom is -0.459 e. The van der Waals surface area contributed by atoms with Gasteiger partial charge in [0.1, 0.15) is 35.1 Å². The van der Waals surface area contributed by atoms with Crippen molar-refractivity contribution in [2.24, 2.45) is 17.8 Å². The Morgan fingerprint density at radius 1 is 0.965 bits per heavy atom. The second-order valence-electron chi connectivity index (χ2n) is 18.7. The molecule has 18 atom stereocenters. The number of carbonyl (C=O) groups excluding carboxylic acids is 1. The van der Waals surface area contributed by atoms with Crippen molar-refractivity contribution in [2.75, 3.05) is 47.9 Å². The van der Waals surface area contributed by atoms with Crippen molar-refractivity contribution in [3.8, 4) is 0 Å². The molecule has 336 valence electrons. The van der Waals surface area contributed by atoms with Crippen LogP contribution in [0.3, 0.4) is 0 Å². The van der Waals surface area contributed by atoms with Crippen LogP contribution in [-0.2, 0) is 33.2 Å². The van der Waals surface area contributed by atoms with Crippen LogP contribution in [0.5, 0.6) is 0 Å². The highest BCUT2D eigenvalue weighted by Crippen LogP contribution is 2.43. The van der Waals surface area contributed by atoms with Gasteiger partial charge in [0, 0.05) is 44.6 Å². The standard InChI is InChI=1S/C42H81N3O12/c1-16-18-43-23-42(51)29(8)54-32(21-40(42,10)52-15)56-34-26(5)36(57-38-33(46)30(44(12)13)19-25(4)53-38)39(9,49)20-24(3)22-45(14)28(7)35(47)41(11,50)31(17-2)55-37(48)27(34)6/h24-36,38,43,46-47,49-51H,16-23H2,1-15H3/t24-,25-,26+,27-,28-,29+,30+,31-,32?,33-,34+,35-,36-,38+,39-,40-,41-,42+/m1/s1. The third-order valence-corrected chi connectivity index (χ3v) is 13.5. The smallest absolute Gasteiger partial charge is 0.311 e. The van der Waals surface area contributed by atoms with Gasteiger partial charge in [-0.2, -0.15) is 0 Å². The van der Waals surface area contributed by atoms with E-state index in [0.29, 0.717) is 19.5 Å². The molecule has 3 aliphatic heterocycles. The highest BCUT2D eigenvalue weighted by molar-refractivity contribution is 5.73. The lowest BCUT2D eigenvalue weighted by atomic mass is 9.75. The summed E-state index contributed by atoms with van der Waals surface area (Å²) in [4.78, 5) is 18.2. The Balaban J connectivity index is 2.18. The van der Waals surface area contributed by atoms with Crippen LogP contribution in [0, 0.1) is 17.8 Å². The van der Waals surface area contributed by atoms with E-state index in [0.717, 1.165) is 6.42 Å². The first-order valence-electron chi connectivity index (χ1n) is 21.3. The summed E-state index contributed by atoms with van der Waals surface area (Å²) in [7, 11) is 7.16. The molecule has 57 heavy (non-hydrogen) atoms. The highest BCUT2D eigenvalue weighted by Gasteiger charge is 2.58. The summed E-state index contributed by atoms with van der Waals surface area (Å²) in [6.07, 6.45) is -6.68. The van der Waals surface area contributed by atoms with Crippen LogP contribution in [0.1, 0.15) is 108 Å². The number of cyclic esters (lactones) is 1. The number of methoxy groups -OCH3 is 1. The molecule has 15 nitrogen and oxygen atoms in total. The molecule has 0 spiro atoms. The number of carbonyl (C=O) groups is 1. The maximum absolute atomic E-state index is 14.4. The van der Waals surface area contributed by atoms with E-state index in [1.165, 1.54) is 14.0 Å². The van der Waals surface area contributed by atoms with Crippen LogP contribution in [-0.4, -0.2) is 179 Å². The maximum Gasteiger partial charge on any atom is 0.311 e. The lowest BCUT2D eigenvalue weighted by Gasteiger charge is -2.53. The second-order valence-corrected chi connectivity index (χ2v) is 18.7. The molecule has 3 rings (SSSR count). The van der Waals surface area contributed by atoms with Gasteiger partial charge in [-0.1, -0.05) is 27.7 Å². The monoisotopic (exact) mass is 820 g/mol. The fraction of sp³-hybridized carbons (Fsp3) is 0.976. The van der Waals surface area contributed by atoms with Gasteiger partial charge in [0.15, 0.2) is 12.6 Å². The predicted octanol–water partition coefficient (Wildman–Crippen LogP) is 2.27. The number of nitrogens with zero attached hydrogens (tertiary/aromatic N) is 2. The van der Waals surface area contributed by atoms with E-state index in [9.17, 15) is 30.3 Å². The Hall–Kier alpha value is -1.05. The topological polar surface area (TPSA) is 192 Å². The number of ether oxygens (including phenoxy) is 6. The molecule has 15 heteroatoms. The van der Waals surface area contributed by atoms with E-state index in [-0.39, 0.29) is 43.9 Å². The fourth-order valence-electron chi connectivity index (χ4n) is 9.58. The predicted molar refractivity (Wildman–Crippen MR) is 216 cm³/mol. The van der Waals surface area contributed by atoms with E-state index in [1.807, 2.05) is 65.6 Å². The summed E-state index contributed by atoms with van der Waals surface area (Å²) in [6.45, 7) is 21.1. The zero-order valence-electron chi connectivity index (χ0n) is 37.7. The second kappa shape index (κ2) is 20.2. The minimum absolute atomic E-state index is 0.0945. The third-order valence-electron chi connectivity index (χ3n) is 13.5. The lowest BCUT2D eigenvalue weighted by Crippen LogP contribution is -2.70. The minimum atomic E-state index is -1.81. The molecule has 0 aromatic carbocycles. The Morgan fingerprint density at radius 3 is 2.16 bits per heavy atom. The van der Waals surface area contributed by atoms with Crippen molar-refractivity contribution < 1.29 is 58.7 Å². The molecule has 1 unspecified atom stereocenters. The van der Waals surface area contributed by atoms with Crippen LogP contribution in [0.25, 0.3) is 0 Å². The average Bonchev–Trinajstić information content (AvgIpc) is 3.12. The van der Waals surface area contributed by atoms with Crippen molar-refractivity contribution >= 4 is 5.97 Å². The molecule has 0 radical (unpaired) electrons.